The maximum absolute atomic E-state index is 12.9. The van der Waals surface area contributed by atoms with Gasteiger partial charge in [-0.15, -0.1) is 0 Å². The molecule has 0 fully saturated rings. The zero-order valence-electron chi connectivity index (χ0n) is 22.6. The number of rotatable bonds is 15. The largest absolute Gasteiger partial charge is 0.508 e. The number of carboxylic acid groups (broad SMARTS) is 1. The average Bonchev–Trinajstić information content (AvgIpc) is 2.91. The monoisotopic (exact) mass is 555 g/mol. The predicted octanol–water partition coefficient (Wildman–Crippen LogP) is -0.163. The van der Waals surface area contributed by atoms with Gasteiger partial charge in [-0.3, -0.25) is 19.2 Å². The van der Waals surface area contributed by atoms with Crippen molar-refractivity contribution in [3.8, 4) is 5.75 Å². The van der Waals surface area contributed by atoms with Crippen LogP contribution < -0.4 is 27.0 Å². The van der Waals surface area contributed by atoms with E-state index in [0.717, 1.165) is 5.56 Å². The van der Waals surface area contributed by atoms with Crippen LogP contribution in [0.4, 0.5) is 0 Å². The molecular formula is C28H37N5O7. The van der Waals surface area contributed by atoms with Crippen molar-refractivity contribution in [3.05, 3.63) is 65.7 Å². The summed E-state index contributed by atoms with van der Waals surface area (Å²) in [5.41, 5.74) is 7.42. The fraction of sp³-hybridized carbons (Fsp3) is 0.393. The summed E-state index contributed by atoms with van der Waals surface area (Å²) in [6.45, 7) is 2.70. The van der Waals surface area contributed by atoms with E-state index in [2.05, 4.69) is 21.3 Å². The summed E-state index contributed by atoms with van der Waals surface area (Å²) in [6, 6.07) is 12.0. The lowest BCUT2D eigenvalue weighted by Crippen LogP contribution is -2.53. The first-order valence-corrected chi connectivity index (χ1v) is 12.9. The molecule has 12 heteroatoms. The van der Waals surface area contributed by atoms with Gasteiger partial charge in [0.15, 0.2) is 0 Å². The maximum atomic E-state index is 12.9. The van der Waals surface area contributed by atoms with Crippen LogP contribution in [-0.4, -0.2) is 71.0 Å². The molecule has 0 aliphatic carbocycles. The fourth-order valence-corrected chi connectivity index (χ4v) is 3.81. The van der Waals surface area contributed by atoms with E-state index in [-0.39, 0.29) is 30.9 Å². The number of amides is 4. The van der Waals surface area contributed by atoms with E-state index in [9.17, 15) is 34.2 Å². The Morgan fingerprint density at radius 3 is 1.82 bits per heavy atom. The number of nitrogens with one attached hydrogen (secondary N) is 4. The highest BCUT2D eigenvalue weighted by atomic mass is 16.4. The second kappa shape index (κ2) is 15.8. The van der Waals surface area contributed by atoms with Crippen LogP contribution in [0, 0.1) is 5.92 Å². The number of benzene rings is 2. The van der Waals surface area contributed by atoms with Crippen LogP contribution >= 0.6 is 0 Å². The third-order valence-electron chi connectivity index (χ3n) is 5.85. The summed E-state index contributed by atoms with van der Waals surface area (Å²) in [5.74, 6) is -3.73. The third-order valence-corrected chi connectivity index (χ3v) is 5.85. The molecule has 0 heterocycles. The van der Waals surface area contributed by atoms with Gasteiger partial charge in [-0.2, -0.15) is 0 Å². The van der Waals surface area contributed by atoms with Crippen LogP contribution in [0.25, 0.3) is 0 Å². The van der Waals surface area contributed by atoms with Gasteiger partial charge >= 0.3 is 5.97 Å². The molecule has 0 saturated heterocycles. The van der Waals surface area contributed by atoms with E-state index in [4.69, 9.17) is 5.73 Å². The lowest BCUT2D eigenvalue weighted by Gasteiger charge is -2.20. The molecule has 4 amide bonds. The lowest BCUT2D eigenvalue weighted by atomic mass is 10.0. The average molecular weight is 556 g/mol. The van der Waals surface area contributed by atoms with Crippen LogP contribution in [-0.2, 0) is 36.8 Å². The summed E-state index contributed by atoms with van der Waals surface area (Å²) in [6.07, 6.45) is 0.517. The minimum absolute atomic E-state index is 0.0199. The van der Waals surface area contributed by atoms with E-state index in [1.54, 1.807) is 12.1 Å². The smallest absolute Gasteiger partial charge is 0.326 e. The van der Waals surface area contributed by atoms with Gasteiger partial charge in [0.1, 0.15) is 17.8 Å². The van der Waals surface area contributed by atoms with Gasteiger partial charge in [0.2, 0.25) is 23.6 Å². The summed E-state index contributed by atoms with van der Waals surface area (Å²) >= 11 is 0. The number of hydrogen-bond acceptors (Lipinski definition) is 7. The van der Waals surface area contributed by atoms with E-state index < -0.39 is 60.8 Å². The lowest BCUT2D eigenvalue weighted by molar-refractivity contribution is -0.142. The minimum atomic E-state index is -1.18. The van der Waals surface area contributed by atoms with Crippen LogP contribution in [0.2, 0.25) is 0 Å². The van der Waals surface area contributed by atoms with Crippen LogP contribution in [0.15, 0.2) is 54.6 Å². The zero-order chi connectivity index (χ0) is 29.7. The van der Waals surface area contributed by atoms with Crippen LogP contribution in [0.5, 0.6) is 5.75 Å². The van der Waals surface area contributed by atoms with Gasteiger partial charge in [-0.05, 0) is 42.0 Å². The Kier molecular flexibility index (Phi) is 12.6. The van der Waals surface area contributed by atoms with Crippen LogP contribution in [0.1, 0.15) is 31.4 Å². The normalized spacial score (nSPS) is 13.0. The Bertz CT molecular complexity index is 1160. The van der Waals surface area contributed by atoms with Gasteiger partial charge in [-0.25, -0.2) is 4.79 Å². The number of carbonyl (C=O) groups is 5. The van der Waals surface area contributed by atoms with Gasteiger partial charge in [0.05, 0.1) is 19.1 Å². The summed E-state index contributed by atoms with van der Waals surface area (Å²) in [5, 5.41) is 28.6. The molecule has 0 bridgehead atoms. The van der Waals surface area contributed by atoms with E-state index in [0.29, 0.717) is 5.56 Å². The molecule has 0 spiro atoms. The van der Waals surface area contributed by atoms with Crippen molar-refractivity contribution < 1.29 is 34.2 Å². The molecule has 2 rings (SSSR count). The minimum Gasteiger partial charge on any atom is -0.508 e. The van der Waals surface area contributed by atoms with Gasteiger partial charge < -0.3 is 37.2 Å². The third kappa shape index (κ3) is 11.5. The predicted molar refractivity (Wildman–Crippen MR) is 147 cm³/mol. The van der Waals surface area contributed by atoms with E-state index >= 15 is 0 Å². The molecule has 8 N–H and O–H groups in total. The Hall–Kier alpha value is -4.45. The molecule has 0 radical (unpaired) electrons. The van der Waals surface area contributed by atoms with Crippen molar-refractivity contribution in [2.45, 2.75) is 51.2 Å². The van der Waals surface area contributed by atoms with Gasteiger partial charge in [0, 0.05) is 6.42 Å². The molecule has 0 aliphatic heterocycles. The molecule has 3 atom stereocenters. The Morgan fingerprint density at radius 2 is 1.27 bits per heavy atom. The fourth-order valence-electron chi connectivity index (χ4n) is 3.81. The zero-order valence-corrected chi connectivity index (χ0v) is 22.6. The summed E-state index contributed by atoms with van der Waals surface area (Å²) in [7, 11) is 0. The Morgan fingerprint density at radius 1 is 0.750 bits per heavy atom. The molecule has 2 aromatic rings. The second-order valence-electron chi connectivity index (χ2n) is 9.81. The SMILES string of the molecule is CC(C)CC(NC(=O)CNC(=O)C(Cc1ccc(O)cc1)NC(=O)CNC(=O)C(N)Cc1ccccc1)C(=O)O. The molecular weight excluding hydrogens is 518 g/mol. The summed E-state index contributed by atoms with van der Waals surface area (Å²) < 4.78 is 0. The highest BCUT2D eigenvalue weighted by Gasteiger charge is 2.25. The number of nitrogens with two attached hydrogens (primary N) is 1. The molecule has 0 saturated carbocycles. The number of hydrogen-bond donors (Lipinski definition) is 7. The molecule has 2 aromatic carbocycles. The first-order chi connectivity index (χ1) is 18.9. The topological polar surface area (TPSA) is 200 Å². The van der Waals surface area contributed by atoms with Crippen molar-refractivity contribution >= 4 is 29.6 Å². The maximum Gasteiger partial charge on any atom is 0.326 e. The van der Waals surface area contributed by atoms with Crippen molar-refractivity contribution in [2.75, 3.05) is 13.1 Å². The molecule has 0 aliphatic rings. The molecule has 3 unspecified atom stereocenters. The van der Waals surface area contributed by atoms with Crippen molar-refractivity contribution in [3.63, 3.8) is 0 Å². The number of phenolic OH excluding ortho intramolecular Hbond substituents is 1. The highest BCUT2D eigenvalue weighted by molar-refractivity contribution is 5.93. The highest BCUT2D eigenvalue weighted by Crippen LogP contribution is 2.11. The van der Waals surface area contributed by atoms with Crippen molar-refractivity contribution in [2.24, 2.45) is 11.7 Å². The van der Waals surface area contributed by atoms with Crippen molar-refractivity contribution in [1.29, 1.82) is 0 Å². The number of phenols is 1. The number of aromatic hydroxyl groups is 1. The molecule has 0 aromatic heterocycles. The first kappa shape index (κ1) is 31.8. The first-order valence-electron chi connectivity index (χ1n) is 12.9. The number of aliphatic carboxylic acids is 1. The van der Waals surface area contributed by atoms with Crippen molar-refractivity contribution in [1.82, 2.24) is 21.3 Å². The number of carboxylic acids is 1. The Labute approximate surface area is 232 Å². The van der Waals surface area contributed by atoms with Crippen LogP contribution in [0.3, 0.4) is 0 Å². The van der Waals surface area contributed by atoms with Gasteiger partial charge in [0.25, 0.3) is 0 Å². The number of carbonyl (C=O) groups excluding carboxylic acids is 4. The molecule has 216 valence electrons. The molecule has 40 heavy (non-hydrogen) atoms. The Balaban J connectivity index is 1.97. The van der Waals surface area contributed by atoms with Gasteiger partial charge in [-0.1, -0.05) is 56.3 Å². The summed E-state index contributed by atoms with van der Waals surface area (Å²) in [4.78, 5) is 61.6. The molecule has 12 nitrogen and oxygen atoms in total. The van der Waals surface area contributed by atoms with E-state index in [1.807, 2.05) is 44.2 Å². The quantitative estimate of drug-likeness (QED) is 0.157. The second-order valence-corrected chi connectivity index (χ2v) is 9.81. The standard InChI is InChI=1S/C28H37N5O7/c1-17(2)12-23(28(39)40)33-25(36)16-31-27(38)22(14-19-8-10-20(34)11-9-19)32-24(35)15-30-26(37)21(29)13-18-6-4-3-5-7-18/h3-11,17,21-23,34H,12-16,29H2,1-2H3,(H,30,37)(H,31,38)(H,32,35)(H,33,36)(H,39,40). The van der Waals surface area contributed by atoms with E-state index in [1.165, 1.54) is 12.1 Å².